The van der Waals surface area contributed by atoms with Crippen LogP contribution in [0.5, 0.6) is 0 Å². The van der Waals surface area contributed by atoms with Gasteiger partial charge < -0.3 is 5.73 Å². The molecule has 1 aromatic carbocycles. The number of fused-ring (bicyclic) bond motifs is 1. The third-order valence-electron chi connectivity index (χ3n) is 4.15. The van der Waals surface area contributed by atoms with Gasteiger partial charge in [-0.15, -0.1) is 0 Å². The van der Waals surface area contributed by atoms with Crippen LogP contribution < -0.4 is 5.73 Å². The fraction of sp³-hybridized carbons (Fsp3) is 0.429. The van der Waals surface area contributed by atoms with Gasteiger partial charge >= 0.3 is 0 Å². The number of aryl methyl sites for hydroxylation is 2. The number of aromatic nitrogens is 3. The molecule has 1 aliphatic rings. The van der Waals surface area contributed by atoms with Crippen molar-refractivity contribution in [2.24, 2.45) is 12.8 Å². The lowest BCUT2D eigenvalue weighted by molar-refractivity contribution is 0.414. The lowest BCUT2D eigenvalue weighted by atomic mass is 9.78. The van der Waals surface area contributed by atoms with E-state index in [4.69, 9.17) is 5.73 Å². The first-order valence-electron chi connectivity index (χ1n) is 6.36. The molecule has 0 radical (unpaired) electrons. The molecule has 1 heterocycles. The standard InChI is InChI=1S/C14H18N4/c1-18-13(16-10-17-18)8-14(9-15)7-6-11-4-2-3-5-12(11)14/h2-5,10H,6-9,15H2,1H3. The van der Waals surface area contributed by atoms with E-state index in [2.05, 4.69) is 34.3 Å². The Morgan fingerprint density at radius 3 is 2.94 bits per heavy atom. The molecule has 94 valence electrons. The summed E-state index contributed by atoms with van der Waals surface area (Å²) in [4.78, 5) is 4.34. The van der Waals surface area contributed by atoms with Gasteiger partial charge in [-0.1, -0.05) is 24.3 Å². The molecule has 4 nitrogen and oxygen atoms in total. The highest BCUT2D eigenvalue weighted by atomic mass is 15.3. The molecular weight excluding hydrogens is 224 g/mol. The predicted octanol–water partition coefficient (Wildman–Crippen LogP) is 1.20. The van der Waals surface area contributed by atoms with Gasteiger partial charge in [0.25, 0.3) is 0 Å². The third-order valence-corrected chi connectivity index (χ3v) is 4.15. The van der Waals surface area contributed by atoms with Crippen LogP contribution in [0.15, 0.2) is 30.6 Å². The van der Waals surface area contributed by atoms with Gasteiger partial charge in [0.15, 0.2) is 0 Å². The maximum Gasteiger partial charge on any atom is 0.138 e. The van der Waals surface area contributed by atoms with Crippen molar-refractivity contribution in [1.29, 1.82) is 0 Å². The van der Waals surface area contributed by atoms with Gasteiger partial charge in [0, 0.05) is 25.4 Å². The molecule has 2 N–H and O–H groups in total. The van der Waals surface area contributed by atoms with E-state index in [-0.39, 0.29) is 5.41 Å². The third kappa shape index (κ3) is 1.64. The summed E-state index contributed by atoms with van der Waals surface area (Å²) in [7, 11) is 1.94. The van der Waals surface area contributed by atoms with Crippen LogP contribution in [-0.4, -0.2) is 21.3 Å². The van der Waals surface area contributed by atoms with Gasteiger partial charge in [0.05, 0.1) is 0 Å². The molecular formula is C14H18N4. The molecule has 2 aromatic rings. The minimum Gasteiger partial charge on any atom is -0.330 e. The molecule has 1 aromatic heterocycles. The highest BCUT2D eigenvalue weighted by Gasteiger charge is 2.38. The van der Waals surface area contributed by atoms with Crippen molar-refractivity contribution in [2.45, 2.75) is 24.7 Å². The average molecular weight is 242 g/mol. The van der Waals surface area contributed by atoms with E-state index in [1.165, 1.54) is 11.1 Å². The molecule has 0 saturated carbocycles. The Morgan fingerprint density at radius 1 is 1.39 bits per heavy atom. The smallest absolute Gasteiger partial charge is 0.138 e. The van der Waals surface area contributed by atoms with E-state index in [9.17, 15) is 0 Å². The Balaban J connectivity index is 2.00. The Bertz CT molecular complexity index is 560. The second-order valence-corrected chi connectivity index (χ2v) is 5.12. The number of hydrogen-bond acceptors (Lipinski definition) is 3. The quantitative estimate of drug-likeness (QED) is 0.880. The normalized spacial score (nSPS) is 22.1. The highest BCUT2D eigenvalue weighted by Crippen LogP contribution is 2.40. The monoisotopic (exact) mass is 242 g/mol. The van der Waals surface area contributed by atoms with Gasteiger partial charge in [-0.3, -0.25) is 4.68 Å². The number of benzene rings is 1. The first-order chi connectivity index (χ1) is 8.75. The van der Waals surface area contributed by atoms with Gasteiger partial charge in [-0.2, -0.15) is 5.10 Å². The summed E-state index contributed by atoms with van der Waals surface area (Å²) in [5.74, 6) is 1.01. The topological polar surface area (TPSA) is 56.7 Å². The molecule has 0 saturated heterocycles. The second-order valence-electron chi connectivity index (χ2n) is 5.12. The van der Waals surface area contributed by atoms with Crippen LogP contribution in [-0.2, 0) is 25.3 Å². The Morgan fingerprint density at radius 2 is 2.22 bits per heavy atom. The molecule has 1 aliphatic carbocycles. The van der Waals surface area contributed by atoms with E-state index >= 15 is 0 Å². The van der Waals surface area contributed by atoms with Crippen molar-refractivity contribution >= 4 is 0 Å². The van der Waals surface area contributed by atoms with E-state index < -0.39 is 0 Å². The lowest BCUT2D eigenvalue weighted by Gasteiger charge is -2.28. The fourth-order valence-electron chi connectivity index (χ4n) is 3.01. The van der Waals surface area contributed by atoms with Gasteiger partial charge in [-0.25, -0.2) is 4.98 Å². The number of hydrogen-bond donors (Lipinski definition) is 1. The van der Waals surface area contributed by atoms with E-state index in [1.807, 2.05) is 11.7 Å². The molecule has 1 unspecified atom stereocenters. The summed E-state index contributed by atoms with van der Waals surface area (Å²) in [6.07, 6.45) is 4.71. The van der Waals surface area contributed by atoms with Crippen LogP contribution in [0.1, 0.15) is 23.4 Å². The number of nitrogens with zero attached hydrogens (tertiary/aromatic N) is 3. The van der Waals surface area contributed by atoms with Crippen LogP contribution in [0.2, 0.25) is 0 Å². The lowest BCUT2D eigenvalue weighted by Crippen LogP contribution is -2.36. The summed E-state index contributed by atoms with van der Waals surface area (Å²) < 4.78 is 1.85. The van der Waals surface area contributed by atoms with E-state index in [1.54, 1.807) is 6.33 Å². The number of nitrogens with two attached hydrogens (primary N) is 1. The van der Waals surface area contributed by atoms with E-state index in [0.717, 1.165) is 25.1 Å². The zero-order valence-corrected chi connectivity index (χ0v) is 10.6. The van der Waals surface area contributed by atoms with Crippen LogP contribution >= 0.6 is 0 Å². The van der Waals surface area contributed by atoms with Crippen molar-refractivity contribution in [3.8, 4) is 0 Å². The average Bonchev–Trinajstić information content (AvgIpc) is 2.96. The molecule has 4 heteroatoms. The predicted molar refractivity (Wildman–Crippen MR) is 70.2 cm³/mol. The zero-order chi connectivity index (χ0) is 12.6. The minimum absolute atomic E-state index is 0.0391. The molecule has 18 heavy (non-hydrogen) atoms. The van der Waals surface area contributed by atoms with Crippen LogP contribution in [0, 0.1) is 0 Å². The summed E-state index contributed by atoms with van der Waals surface area (Å²) >= 11 is 0. The molecule has 0 amide bonds. The minimum atomic E-state index is 0.0391. The maximum atomic E-state index is 6.09. The molecule has 0 bridgehead atoms. The Hall–Kier alpha value is -1.68. The first kappa shape index (κ1) is 11.4. The van der Waals surface area contributed by atoms with E-state index in [0.29, 0.717) is 6.54 Å². The summed E-state index contributed by atoms with van der Waals surface area (Å²) in [6.45, 7) is 0.664. The summed E-state index contributed by atoms with van der Waals surface area (Å²) in [5, 5.41) is 4.14. The zero-order valence-electron chi connectivity index (χ0n) is 10.6. The highest BCUT2D eigenvalue weighted by molar-refractivity contribution is 5.40. The molecule has 1 atom stereocenters. The Kier molecular flexibility index (Phi) is 2.67. The van der Waals surface area contributed by atoms with Crippen molar-refractivity contribution in [2.75, 3.05) is 6.54 Å². The van der Waals surface area contributed by atoms with Crippen LogP contribution in [0.4, 0.5) is 0 Å². The fourth-order valence-corrected chi connectivity index (χ4v) is 3.01. The van der Waals surface area contributed by atoms with Gasteiger partial charge in [0.2, 0.25) is 0 Å². The molecule has 0 spiro atoms. The van der Waals surface area contributed by atoms with Crippen LogP contribution in [0.25, 0.3) is 0 Å². The summed E-state index contributed by atoms with van der Waals surface area (Å²) in [5.41, 5.74) is 8.97. The molecule has 0 fully saturated rings. The largest absolute Gasteiger partial charge is 0.330 e. The SMILES string of the molecule is Cn1ncnc1CC1(CN)CCc2ccccc21. The van der Waals surface area contributed by atoms with Crippen LogP contribution in [0.3, 0.4) is 0 Å². The maximum absolute atomic E-state index is 6.09. The summed E-state index contributed by atoms with van der Waals surface area (Å²) in [6, 6.07) is 8.63. The van der Waals surface area contributed by atoms with Crippen molar-refractivity contribution in [1.82, 2.24) is 14.8 Å². The van der Waals surface area contributed by atoms with Crippen molar-refractivity contribution < 1.29 is 0 Å². The first-order valence-corrected chi connectivity index (χ1v) is 6.36. The number of rotatable bonds is 3. The van der Waals surface area contributed by atoms with Gasteiger partial charge in [-0.05, 0) is 24.0 Å². The second kappa shape index (κ2) is 4.21. The molecule has 0 aliphatic heterocycles. The van der Waals surface area contributed by atoms with Crippen molar-refractivity contribution in [3.63, 3.8) is 0 Å². The Labute approximate surface area is 107 Å². The molecule has 3 rings (SSSR count). The van der Waals surface area contributed by atoms with Crippen molar-refractivity contribution in [3.05, 3.63) is 47.5 Å². The van der Waals surface area contributed by atoms with Gasteiger partial charge in [0.1, 0.15) is 12.2 Å².